The van der Waals surface area contributed by atoms with E-state index in [-0.39, 0.29) is 5.54 Å². The fraction of sp³-hybridized carbons (Fsp3) is 0.500. The molecule has 0 aromatic rings. The molecule has 0 aliphatic carbocycles. The van der Waals surface area contributed by atoms with Crippen molar-refractivity contribution in [1.82, 2.24) is 0 Å². The Morgan fingerprint density at radius 3 is 2.25 bits per heavy atom. The largest absolute Gasteiger partial charge is 0.504 e. The molecule has 0 rings (SSSR count). The third-order valence-corrected chi connectivity index (χ3v) is 0.985. The molecule has 12 heavy (non-hydrogen) atoms. The van der Waals surface area contributed by atoms with Crippen molar-refractivity contribution in [2.24, 2.45) is 4.99 Å². The highest BCUT2D eigenvalue weighted by molar-refractivity contribution is 5.71. The average Bonchev–Trinajstić information content (AvgIpc) is 1.94. The Balaban J connectivity index is 3.74. The summed E-state index contributed by atoms with van der Waals surface area (Å²) < 4.78 is 4.71. The van der Waals surface area contributed by atoms with Crippen LogP contribution in [-0.2, 0) is 4.74 Å². The maximum Gasteiger partial charge on any atom is 0.0824 e. The number of methoxy groups -OCH3 is 1. The van der Waals surface area contributed by atoms with Crippen LogP contribution < -0.4 is 0 Å². The first-order valence-corrected chi connectivity index (χ1v) is 3.96. The van der Waals surface area contributed by atoms with Crippen molar-refractivity contribution in [1.29, 1.82) is 0 Å². The van der Waals surface area contributed by atoms with Gasteiger partial charge in [0.1, 0.15) is 0 Å². The number of nitrogens with zero attached hydrogens (tertiary/aromatic N) is 1. The standard InChI is InChI=1S/C10H17NO/c1-10(2,3)11-8-6-5-7-9-12-4/h5-9H,1-4H3/b6-5-,9-7+,11-8?. The van der Waals surface area contributed by atoms with Crippen molar-refractivity contribution in [3.8, 4) is 0 Å². The van der Waals surface area contributed by atoms with Gasteiger partial charge in [0, 0.05) is 6.21 Å². The highest BCUT2D eigenvalue weighted by atomic mass is 16.5. The van der Waals surface area contributed by atoms with Crippen LogP contribution in [0, 0.1) is 0 Å². The van der Waals surface area contributed by atoms with Crippen LogP contribution in [0.2, 0.25) is 0 Å². The lowest BCUT2D eigenvalue weighted by Gasteiger charge is -2.09. The summed E-state index contributed by atoms with van der Waals surface area (Å²) in [6.07, 6.45) is 8.97. The molecule has 0 amide bonds. The maximum atomic E-state index is 4.71. The molecular formula is C10H17NO. The summed E-state index contributed by atoms with van der Waals surface area (Å²) in [6, 6.07) is 0. The Hall–Kier alpha value is -1.05. The zero-order chi connectivity index (χ0) is 9.45. The number of rotatable bonds is 3. The molecule has 0 aliphatic heterocycles. The molecule has 0 atom stereocenters. The predicted molar refractivity (Wildman–Crippen MR) is 53.5 cm³/mol. The Labute approximate surface area is 74.7 Å². The van der Waals surface area contributed by atoms with Crippen molar-refractivity contribution < 1.29 is 4.74 Å². The summed E-state index contributed by atoms with van der Waals surface area (Å²) >= 11 is 0. The van der Waals surface area contributed by atoms with Crippen molar-refractivity contribution in [3.63, 3.8) is 0 Å². The molecule has 0 bridgehead atoms. The van der Waals surface area contributed by atoms with Crippen molar-refractivity contribution >= 4 is 6.21 Å². The second-order valence-corrected chi connectivity index (χ2v) is 3.40. The molecule has 0 heterocycles. The summed E-state index contributed by atoms with van der Waals surface area (Å²) in [6.45, 7) is 6.17. The molecule has 0 saturated carbocycles. The molecule has 0 fully saturated rings. The summed E-state index contributed by atoms with van der Waals surface area (Å²) in [5, 5.41) is 0. The fourth-order valence-electron chi connectivity index (χ4n) is 0.504. The van der Waals surface area contributed by atoms with Gasteiger partial charge in [-0.05, 0) is 32.9 Å². The van der Waals surface area contributed by atoms with Gasteiger partial charge in [-0.15, -0.1) is 0 Å². The van der Waals surface area contributed by atoms with E-state index in [4.69, 9.17) is 4.74 Å². The van der Waals surface area contributed by atoms with E-state index in [1.165, 1.54) is 0 Å². The van der Waals surface area contributed by atoms with Gasteiger partial charge < -0.3 is 4.74 Å². The van der Waals surface area contributed by atoms with Crippen molar-refractivity contribution in [2.75, 3.05) is 7.11 Å². The predicted octanol–water partition coefficient (Wildman–Crippen LogP) is 2.57. The fourth-order valence-corrected chi connectivity index (χ4v) is 0.504. The van der Waals surface area contributed by atoms with Gasteiger partial charge in [-0.3, -0.25) is 4.99 Å². The third kappa shape index (κ3) is 8.95. The lowest BCUT2D eigenvalue weighted by atomic mass is 10.1. The SMILES string of the molecule is CO/C=C/C=C\C=NC(C)(C)C. The lowest BCUT2D eigenvalue weighted by molar-refractivity contribution is 0.338. The number of hydrogen-bond acceptors (Lipinski definition) is 2. The first kappa shape index (κ1) is 11.0. The summed E-state index contributed by atoms with van der Waals surface area (Å²) in [5.41, 5.74) is 0.00924. The van der Waals surface area contributed by atoms with E-state index < -0.39 is 0 Å². The molecular weight excluding hydrogens is 150 g/mol. The summed E-state index contributed by atoms with van der Waals surface area (Å²) in [4.78, 5) is 4.27. The molecule has 0 N–H and O–H groups in total. The van der Waals surface area contributed by atoms with Gasteiger partial charge in [0.05, 0.1) is 18.9 Å². The first-order chi connectivity index (χ1) is 5.56. The van der Waals surface area contributed by atoms with Crippen LogP contribution in [0.15, 0.2) is 29.5 Å². The van der Waals surface area contributed by atoms with Crippen molar-refractivity contribution in [2.45, 2.75) is 26.3 Å². The zero-order valence-corrected chi connectivity index (χ0v) is 8.24. The number of ether oxygens (including phenoxy) is 1. The molecule has 0 aromatic carbocycles. The molecule has 68 valence electrons. The highest BCUT2D eigenvalue weighted by Gasteiger charge is 2.02. The molecule has 0 spiro atoms. The van der Waals surface area contributed by atoms with Gasteiger partial charge >= 0.3 is 0 Å². The summed E-state index contributed by atoms with van der Waals surface area (Å²) in [7, 11) is 1.62. The molecule has 0 saturated heterocycles. The Morgan fingerprint density at radius 2 is 1.75 bits per heavy atom. The van der Waals surface area contributed by atoms with Gasteiger partial charge in [0.25, 0.3) is 0 Å². The summed E-state index contributed by atoms with van der Waals surface area (Å²) in [5.74, 6) is 0. The zero-order valence-electron chi connectivity index (χ0n) is 8.24. The molecule has 0 radical (unpaired) electrons. The van der Waals surface area contributed by atoms with Crippen LogP contribution in [0.5, 0.6) is 0 Å². The quantitative estimate of drug-likeness (QED) is 0.359. The Morgan fingerprint density at radius 1 is 1.08 bits per heavy atom. The van der Waals surface area contributed by atoms with Crippen LogP contribution in [0.25, 0.3) is 0 Å². The number of aliphatic imine (C=N–C) groups is 1. The topological polar surface area (TPSA) is 21.6 Å². The normalized spacial score (nSPS) is 13.7. The van der Waals surface area contributed by atoms with E-state index >= 15 is 0 Å². The van der Waals surface area contributed by atoms with Gasteiger partial charge in [-0.25, -0.2) is 0 Å². The van der Waals surface area contributed by atoms with Crippen molar-refractivity contribution in [3.05, 3.63) is 24.5 Å². The second-order valence-electron chi connectivity index (χ2n) is 3.40. The Bertz CT molecular complexity index is 185. The molecule has 0 unspecified atom stereocenters. The molecule has 2 nitrogen and oxygen atoms in total. The van der Waals surface area contributed by atoms with Crippen LogP contribution in [0.1, 0.15) is 20.8 Å². The van der Waals surface area contributed by atoms with E-state index in [9.17, 15) is 0 Å². The van der Waals surface area contributed by atoms with Crippen LogP contribution in [0.4, 0.5) is 0 Å². The lowest BCUT2D eigenvalue weighted by Crippen LogP contribution is -2.08. The third-order valence-electron chi connectivity index (χ3n) is 0.985. The van der Waals surface area contributed by atoms with Gasteiger partial charge in [0.15, 0.2) is 0 Å². The van der Waals surface area contributed by atoms with Gasteiger partial charge in [-0.2, -0.15) is 0 Å². The van der Waals surface area contributed by atoms with E-state index in [2.05, 4.69) is 25.8 Å². The number of hydrogen-bond donors (Lipinski definition) is 0. The molecule has 2 heteroatoms. The maximum absolute atomic E-state index is 4.71. The van der Waals surface area contributed by atoms with E-state index in [1.54, 1.807) is 19.6 Å². The minimum atomic E-state index is 0.00924. The molecule has 0 aromatic heterocycles. The average molecular weight is 167 g/mol. The van der Waals surface area contributed by atoms with Gasteiger partial charge in [0.2, 0.25) is 0 Å². The van der Waals surface area contributed by atoms with Crippen LogP contribution in [-0.4, -0.2) is 18.9 Å². The first-order valence-electron chi connectivity index (χ1n) is 3.96. The Kier molecular flexibility index (Phi) is 5.09. The monoisotopic (exact) mass is 167 g/mol. The van der Waals surface area contributed by atoms with E-state index in [0.717, 1.165) is 0 Å². The highest BCUT2D eigenvalue weighted by Crippen LogP contribution is 2.04. The van der Waals surface area contributed by atoms with Crippen LogP contribution >= 0.6 is 0 Å². The second kappa shape index (κ2) is 5.58. The minimum absolute atomic E-state index is 0.00924. The smallest absolute Gasteiger partial charge is 0.0824 e. The van der Waals surface area contributed by atoms with Gasteiger partial charge in [-0.1, -0.05) is 6.08 Å². The van der Waals surface area contributed by atoms with Crippen LogP contribution in [0.3, 0.4) is 0 Å². The van der Waals surface area contributed by atoms with E-state index in [0.29, 0.717) is 0 Å². The minimum Gasteiger partial charge on any atom is -0.504 e. The van der Waals surface area contributed by atoms with E-state index in [1.807, 2.05) is 18.2 Å². The number of allylic oxidation sites excluding steroid dienone is 3. The molecule has 0 aliphatic rings.